The summed E-state index contributed by atoms with van der Waals surface area (Å²) < 4.78 is 0. The number of pyridine rings is 1. The van der Waals surface area contributed by atoms with Gasteiger partial charge in [-0.25, -0.2) is 0 Å². The van der Waals surface area contributed by atoms with Crippen LogP contribution in [0.3, 0.4) is 0 Å². The molecule has 2 heterocycles. The van der Waals surface area contributed by atoms with Crippen LogP contribution in [0, 0.1) is 0 Å². The zero-order chi connectivity index (χ0) is 14.4. The van der Waals surface area contributed by atoms with Gasteiger partial charge in [-0.1, -0.05) is 32.3 Å². The molecule has 20 heavy (non-hydrogen) atoms. The van der Waals surface area contributed by atoms with Crippen LogP contribution in [0.1, 0.15) is 57.1 Å². The summed E-state index contributed by atoms with van der Waals surface area (Å²) >= 11 is 0. The molecule has 2 unspecified atom stereocenters. The van der Waals surface area contributed by atoms with Crippen molar-refractivity contribution in [1.29, 1.82) is 0 Å². The fraction of sp³-hybridized carbons (Fsp3) is 0.625. The zero-order valence-electron chi connectivity index (χ0n) is 12.2. The summed E-state index contributed by atoms with van der Waals surface area (Å²) in [5.74, 6) is -0.685. The van der Waals surface area contributed by atoms with Crippen molar-refractivity contribution in [2.24, 2.45) is 0 Å². The number of rotatable bonds is 6. The van der Waals surface area contributed by atoms with E-state index in [1.165, 1.54) is 0 Å². The van der Waals surface area contributed by atoms with Crippen molar-refractivity contribution in [2.45, 2.75) is 57.5 Å². The molecule has 1 aliphatic heterocycles. The molecular formula is C16H24N2O2. The van der Waals surface area contributed by atoms with Gasteiger partial charge in [-0.05, 0) is 37.4 Å². The van der Waals surface area contributed by atoms with E-state index in [4.69, 9.17) is 0 Å². The molecular weight excluding hydrogens is 252 g/mol. The number of unbranched alkanes of at least 4 members (excludes halogenated alkanes) is 1. The Balaban J connectivity index is 2.22. The minimum Gasteiger partial charge on any atom is -0.480 e. The van der Waals surface area contributed by atoms with Gasteiger partial charge in [0.2, 0.25) is 0 Å². The summed E-state index contributed by atoms with van der Waals surface area (Å²) in [4.78, 5) is 17.9. The van der Waals surface area contributed by atoms with Gasteiger partial charge in [0.1, 0.15) is 6.04 Å². The average Bonchev–Trinajstić information content (AvgIpc) is 2.49. The maximum absolute atomic E-state index is 11.5. The molecule has 1 saturated heterocycles. The van der Waals surface area contributed by atoms with Gasteiger partial charge in [0.15, 0.2) is 0 Å². The lowest BCUT2D eigenvalue weighted by atomic mass is 9.94. The van der Waals surface area contributed by atoms with E-state index in [1.54, 1.807) is 6.20 Å². The highest BCUT2D eigenvalue weighted by atomic mass is 16.4. The summed E-state index contributed by atoms with van der Waals surface area (Å²) in [6.45, 7) is 3.05. The molecule has 110 valence electrons. The van der Waals surface area contributed by atoms with E-state index in [0.717, 1.165) is 50.6 Å². The first-order valence-electron chi connectivity index (χ1n) is 7.62. The molecule has 2 atom stereocenters. The second-order valence-corrected chi connectivity index (χ2v) is 5.53. The van der Waals surface area contributed by atoms with E-state index in [-0.39, 0.29) is 12.1 Å². The smallest absolute Gasteiger partial charge is 0.320 e. The first-order chi connectivity index (χ1) is 9.74. The van der Waals surface area contributed by atoms with Gasteiger partial charge in [0, 0.05) is 18.4 Å². The molecule has 0 saturated carbocycles. The van der Waals surface area contributed by atoms with Crippen LogP contribution < -0.4 is 0 Å². The van der Waals surface area contributed by atoms with Crippen molar-refractivity contribution < 1.29 is 9.90 Å². The summed E-state index contributed by atoms with van der Waals surface area (Å²) in [5, 5.41) is 9.47. The number of carboxylic acids is 1. The van der Waals surface area contributed by atoms with Gasteiger partial charge in [0.05, 0.1) is 0 Å². The summed E-state index contributed by atoms with van der Waals surface area (Å²) in [6.07, 6.45) is 9.77. The van der Waals surface area contributed by atoms with Gasteiger partial charge in [-0.2, -0.15) is 0 Å². The van der Waals surface area contributed by atoms with E-state index < -0.39 is 5.97 Å². The Morgan fingerprint density at radius 3 is 3.05 bits per heavy atom. The van der Waals surface area contributed by atoms with Crippen molar-refractivity contribution in [3.8, 4) is 0 Å². The van der Waals surface area contributed by atoms with Crippen molar-refractivity contribution in [3.05, 3.63) is 30.1 Å². The largest absolute Gasteiger partial charge is 0.480 e. The monoisotopic (exact) mass is 276 g/mol. The molecule has 0 amide bonds. The molecule has 0 aromatic carbocycles. The molecule has 1 aromatic rings. The van der Waals surface area contributed by atoms with Gasteiger partial charge in [-0.15, -0.1) is 0 Å². The standard InChI is InChI=1S/C16H24N2O2/c1-2-3-8-14(13-7-6-10-17-12-13)18-11-5-4-9-15(18)16(19)20/h6-7,10,12,14-15H,2-5,8-9,11H2,1H3,(H,19,20). The van der Waals surface area contributed by atoms with Crippen molar-refractivity contribution >= 4 is 5.97 Å². The number of hydrogen-bond donors (Lipinski definition) is 1. The normalized spacial score (nSPS) is 21.6. The molecule has 4 nitrogen and oxygen atoms in total. The Morgan fingerprint density at radius 2 is 2.40 bits per heavy atom. The first kappa shape index (κ1) is 15.0. The van der Waals surface area contributed by atoms with Crippen LogP contribution in [0.4, 0.5) is 0 Å². The number of likely N-dealkylation sites (tertiary alicyclic amines) is 1. The average molecular weight is 276 g/mol. The Hall–Kier alpha value is -1.42. The number of piperidine rings is 1. The lowest BCUT2D eigenvalue weighted by Gasteiger charge is -2.39. The number of aromatic nitrogens is 1. The fourth-order valence-corrected chi connectivity index (χ4v) is 3.09. The molecule has 2 rings (SSSR count). The van der Waals surface area contributed by atoms with Crippen LogP contribution in [-0.4, -0.2) is 33.5 Å². The number of carbonyl (C=O) groups is 1. The quantitative estimate of drug-likeness (QED) is 0.866. The maximum atomic E-state index is 11.5. The lowest BCUT2D eigenvalue weighted by molar-refractivity contribution is -0.146. The van der Waals surface area contributed by atoms with E-state index in [9.17, 15) is 9.90 Å². The van der Waals surface area contributed by atoms with Gasteiger partial charge in [-0.3, -0.25) is 14.7 Å². The predicted octanol–water partition coefficient (Wildman–Crippen LogP) is 3.25. The minimum atomic E-state index is -0.685. The molecule has 1 aromatic heterocycles. The Labute approximate surface area is 120 Å². The van der Waals surface area contributed by atoms with Gasteiger partial charge in [0.25, 0.3) is 0 Å². The summed E-state index contributed by atoms with van der Waals surface area (Å²) in [6, 6.07) is 3.85. The van der Waals surface area contributed by atoms with Crippen LogP contribution in [0.15, 0.2) is 24.5 Å². The highest BCUT2D eigenvalue weighted by Gasteiger charge is 2.33. The molecule has 0 radical (unpaired) electrons. The highest BCUT2D eigenvalue weighted by Crippen LogP contribution is 2.32. The van der Waals surface area contributed by atoms with Crippen molar-refractivity contribution in [3.63, 3.8) is 0 Å². The third kappa shape index (κ3) is 3.57. The molecule has 0 spiro atoms. The fourth-order valence-electron chi connectivity index (χ4n) is 3.09. The van der Waals surface area contributed by atoms with E-state index >= 15 is 0 Å². The lowest BCUT2D eigenvalue weighted by Crippen LogP contribution is -2.46. The maximum Gasteiger partial charge on any atom is 0.320 e. The second kappa shape index (κ2) is 7.39. The second-order valence-electron chi connectivity index (χ2n) is 5.53. The first-order valence-corrected chi connectivity index (χ1v) is 7.62. The summed E-state index contributed by atoms with van der Waals surface area (Å²) in [5.41, 5.74) is 1.15. The Morgan fingerprint density at radius 1 is 1.55 bits per heavy atom. The topological polar surface area (TPSA) is 53.4 Å². The van der Waals surface area contributed by atoms with Gasteiger partial charge >= 0.3 is 5.97 Å². The molecule has 1 fully saturated rings. The molecule has 0 bridgehead atoms. The molecule has 1 aliphatic rings. The zero-order valence-corrected chi connectivity index (χ0v) is 12.2. The Kier molecular flexibility index (Phi) is 5.53. The van der Waals surface area contributed by atoms with E-state index in [1.807, 2.05) is 12.3 Å². The van der Waals surface area contributed by atoms with Crippen LogP contribution in [0.25, 0.3) is 0 Å². The number of carboxylic acid groups (broad SMARTS) is 1. The predicted molar refractivity (Wildman–Crippen MR) is 78.5 cm³/mol. The van der Waals surface area contributed by atoms with Crippen molar-refractivity contribution in [1.82, 2.24) is 9.88 Å². The number of nitrogens with zero attached hydrogens (tertiary/aromatic N) is 2. The van der Waals surface area contributed by atoms with Crippen LogP contribution in [0.2, 0.25) is 0 Å². The Bertz CT molecular complexity index is 422. The van der Waals surface area contributed by atoms with E-state index in [2.05, 4.69) is 22.9 Å². The van der Waals surface area contributed by atoms with Gasteiger partial charge < -0.3 is 5.11 Å². The van der Waals surface area contributed by atoms with Crippen LogP contribution in [-0.2, 0) is 4.79 Å². The molecule has 4 heteroatoms. The SMILES string of the molecule is CCCCC(c1cccnc1)N1CCCCC1C(=O)O. The minimum absolute atomic E-state index is 0.185. The third-order valence-electron chi connectivity index (χ3n) is 4.13. The third-order valence-corrected chi connectivity index (χ3v) is 4.13. The van der Waals surface area contributed by atoms with Crippen LogP contribution >= 0.6 is 0 Å². The number of hydrogen-bond acceptors (Lipinski definition) is 3. The van der Waals surface area contributed by atoms with E-state index in [0.29, 0.717) is 0 Å². The molecule has 1 N–H and O–H groups in total. The highest BCUT2D eigenvalue weighted by molar-refractivity contribution is 5.73. The van der Waals surface area contributed by atoms with Crippen LogP contribution in [0.5, 0.6) is 0 Å². The van der Waals surface area contributed by atoms with Crippen molar-refractivity contribution in [2.75, 3.05) is 6.54 Å². The molecule has 0 aliphatic carbocycles. The summed E-state index contributed by atoms with van der Waals surface area (Å²) in [7, 11) is 0. The number of aliphatic carboxylic acids is 1.